The minimum absolute atomic E-state index is 0.767. The Morgan fingerprint density at radius 1 is 0.191 bits per heavy atom. The molecule has 89 heavy (non-hydrogen) atoms. The van der Waals surface area contributed by atoms with Crippen LogP contribution in [0.15, 0.2) is 243 Å². The first-order chi connectivity index (χ1) is 43.7. The summed E-state index contributed by atoms with van der Waals surface area (Å²) in [5.41, 5.74) is 7.75. The van der Waals surface area contributed by atoms with E-state index in [2.05, 4.69) is 165 Å². The average molecular weight is 1250 g/mol. The van der Waals surface area contributed by atoms with Crippen molar-refractivity contribution >= 4 is 136 Å². The summed E-state index contributed by atoms with van der Waals surface area (Å²) in [6.07, 6.45) is -2.11. The van der Waals surface area contributed by atoms with Gasteiger partial charge in [0.15, 0.2) is 0 Å². The van der Waals surface area contributed by atoms with Crippen LogP contribution in [0.1, 0.15) is 0 Å². The third kappa shape index (κ3) is 12.0. The SMILES string of the molecule is COc1ccc(N(c2ccc(OC)cc2)c2ccc([B-](c3ccc(N(c4ccc(OC)cc4)c4ccc(OC)cc4)s3)(c3ccc(N(c4ccc(OC)cc4)c4ccc(OC)cc4)s3)c3ccc(N(c4ccc(OC)cc4)c4ccc(OC)cc4)s3)s2)cc1. The predicted octanol–water partition coefficient (Wildman–Crippen LogP) is 17.3. The zero-order valence-electron chi connectivity index (χ0n) is 50.4. The molecular formula is C72H64BN4O8S4-. The molecule has 12 rings (SSSR count). The number of rotatable bonds is 24. The number of ether oxygens (including phenoxy) is 8. The zero-order chi connectivity index (χ0) is 61.4. The van der Waals surface area contributed by atoms with Crippen molar-refractivity contribution in [3.63, 3.8) is 0 Å². The van der Waals surface area contributed by atoms with E-state index >= 15 is 0 Å². The first-order valence-corrected chi connectivity index (χ1v) is 31.8. The second-order valence-electron chi connectivity index (χ2n) is 20.5. The largest absolute Gasteiger partial charge is 0.497 e. The molecule has 0 spiro atoms. The van der Waals surface area contributed by atoms with Gasteiger partial charge in [-0.05, 0) is 218 Å². The summed E-state index contributed by atoms with van der Waals surface area (Å²) in [5, 5.41) is 4.06. The van der Waals surface area contributed by atoms with Crippen LogP contribution in [0.25, 0.3) is 0 Å². The maximum Gasteiger partial charge on any atom is 0.150 e. The maximum absolute atomic E-state index is 5.70. The molecule has 0 N–H and O–H groups in total. The fraction of sp³-hybridized carbons (Fsp3) is 0.111. The Labute approximate surface area is 535 Å². The lowest BCUT2D eigenvalue weighted by Gasteiger charge is -2.39. The van der Waals surface area contributed by atoms with Crippen LogP contribution in [0.3, 0.4) is 0 Å². The van der Waals surface area contributed by atoms with E-state index in [1.165, 1.54) is 0 Å². The Morgan fingerprint density at radius 2 is 0.326 bits per heavy atom. The van der Waals surface area contributed by atoms with Crippen molar-refractivity contribution < 1.29 is 37.9 Å². The Kier molecular flexibility index (Phi) is 17.9. The first-order valence-electron chi connectivity index (χ1n) is 28.6. The number of thiophene rings is 4. The van der Waals surface area contributed by atoms with Gasteiger partial charge in [0.2, 0.25) is 0 Å². The number of benzene rings is 8. The molecule has 17 heteroatoms. The molecular weight excluding hydrogens is 1190 g/mol. The molecule has 0 radical (unpaired) electrons. The summed E-state index contributed by atoms with van der Waals surface area (Å²) in [6.45, 7) is 0. The Balaban J connectivity index is 1.15. The van der Waals surface area contributed by atoms with Gasteiger partial charge in [0.05, 0.1) is 76.9 Å². The van der Waals surface area contributed by atoms with Crippen molar-refractivity contribution in [2.75, 3.05) is 76.5 Å². The van der Waals surface area contributed by atoms with Crippen LogP contribution in [0, 0.1) is 0 Å². The Morgan fingerprint density at radius 3 is 0.449 bits per heavy atom. The van der Waals surface area contributed by atoms with E-state index in [1.54, 1.807) is 102 Å². The Bertz CT molecular complexity index is 3510. The van der Waals surface area contributed by atoms with Crippen molar-refractivity contribution in [2.24, 2.45) is 0 Å². The van der Waals surface area contributed by atoms with Gasteiger partial charge in [-0.15, -0.1) is 19.1 Å². The van der Waals surface area contributed by atoms with Gasteiger partial charge in [-0.1, -0.05) is 24.3 Å². The molecule has 12 aromatic rings. The van der Waals surface area contributed by atoms with Crippen LogP contribution in [-0.4, -0.2) is 63.0 Å². The topological polar surface area (TPSA) is 86.8 Å². The third-order valence-electron chi connectivity index (χ3n) is 15.7. The van der Waals surface area contributed by atoms with Crippen LogP contribution in [0.5, 0.6) is 46.0 Å². The summed E-state index contributed by atoms with van der Waals surface area (Å²) >= 11 is 7.14. The summed E-state index contributed by atoms with van der Waals surface area (Å²) in [4.78, 5) is 9.25. The number of methoxy groups -OCH3 is 8. The highest BCUT2D eigenvalue weighted by Gasteiger charge is 2.39. The number of hydrogen-bond donors (Lipinski definition) is 0. The van der Waals surface area contributed by atoms with Gasteiger partial charge in [0, 0.05) is 45.5 Å². The van der Waals surface area contributed by atoms with E-state index < -0.39 is 6.15 Å². The molecule has 0 fully saturated rings. The molecule has 8 aromatic carbocycles. The van der Waals surface area contributed by atoms with Crippen molar-refractivity contribution in [3.05, 3.63) is 243 Å². The van der Waals surface area contributed by atoms with E-state index in [4.69, 9.17) is 37.9 Å². The number of nitrogens with zero attached hydrogens (tertiary/aromatic N) is 4. The molecule has 0 aliphatic carbocycles. The predicted molar refractivity (Wildman–Crippen MR) is 373 cm³/mol. The molecule has 0 unspecified atom stereocenters. The van der Waals surface area contributed by atoms with Gasteiger partial charge >= 0.3 is 0 Å². The van der Waals surface area contributed by atoms with Gasteiger partial charge in [-0.25, -0.2) is 0 Å². The van der Waals surface area contributed by atoms with Crippen molar-refractivity contribution in [1.82, 2.24) is 0 Å². The summed E-state index contributed by atoms with van der Waals surface area (Å²) in [7, 11) is 13.5. The molecule has 0 saturated heterocycles. The van der Waals surface area contributed by atoms with E-state index in [-0.39, 0.29) is 0 Å². The van der Waals surface area contributed by atoms with Gasteiger partial charge in [-0.3, -0.25) is 0 Å². The standard InChI is InChI=1S/C72H64BN4O8S4/c1-78-57-25-9-49(10-26-57)74(50-11-27-58(79-2)28-12-50)69-45-41-65(86-69)73(66-42-46-70(87-66)75(51-13-29-59(80-3)30-14-51)52-15-31-60(81-4)32-16-52,67-43-47-71(88-67)76(53-17-33-61(82-5)34-18-53)54-19-35-62(83-6)36-20-54)68-44-48-72(89-68)77(55-21-37-63(84-7)38-22-55)56-23-39-64(85-8)40-24-56/h9-48H,1-8H3/q-1. The van der Waals surface area contributed by atoms with Crippen LogP contribution in [-0.2, 0) is 0 Å². The molecule has 0 bridgehead atoms. The highest BCUT2D eigenvalue weighted by atomic mass is 32.1. The van der Waals surface area contributed by atoms with Crippen molar-refractivity contribution in [2.45, 2.75) is 0 Å². The van der Waals surface area contributed by atoms with Crippen LogP contribution in [0.4, 0.5) is 65.5 Å². The van der Waals surface area contributed by atoms with E-state index in [0.29, 0.717) is 0 Å². The molecule has 0 amide bonds. The lowest BCUT2D eigenvalue weighted by atomic mass is 9.22. The molecule has 448 valence electrons. The normalized spacial score (nSPS) is 11.1. The van der Waals surface area contributed by atoms with Crippen molar-refractivity contribution in [3.8, 4) is 46.0 Å². The Hall–Kier alpha value is -9.78. The minimum Gasteiger partial charge on any atom is -0.497 e. The lowest BCUT2D eigenvalue weighted by Crippen LogP contribution is -2.72. The van der Waals surface area contributed by atoms with E-state index in [9.17, 15) is 0 Å². The van der Waals surface area contributed by atoms with Gasteiger partial charge in [-0.2, -0.15) is 45.3 Å². The van der Waals surface area contributed by atoms with Crippen LogP contribution >= 0.6 is 45.3 Å². The molecule has 0 saturated carbocycles. The summed E-state index contributed by atoms with van der Waals surface area (Å²) < 4.78 is 50.3. The second-order valence-corrected chi connectivity index (χ2v) is 24.9. The van der Waals surface area contributed by atoms with Gasteiger partial charge in [0.1, 0.15) is 52.1 Å². The third-order valence-corrected chi connectivity index (χ3v) is 20.7. The zero-order valence-corrected chi connectivity index (χ0v) is 53.6. The second kappa shape index (κ2) is 26.7. The molecule has 0 aliphatic rings. The van der Waals surface area contributed by atoms with Crippen LogP contribution < -0.4 is 76.6 Å². The molecule has 4 aromatic heterocycles. The van der Waals surface area contributed by atoms with Gasteiger partial charge < -0.3 is 57.5 Å². The van der Waals surface area contributed by atoms with Crippen molar-refractivity contribution in [1.29, 1.82) is 0 Å². The monoisotopic (exact) mass is 1250 g/mol. The summed E-state index contributed by atoms with van der Waals surface area (Å²) in [5.74, 6) is 6.13. The van der Waals surface area contributed by atoms with Crippen LogP contribution in [0.2, 0.25) is 0 Å². The minimum atomic E-state index is -2.11. The van der Waals surface area contributed by atoms with E-state index in [1.807, 2.05) is 97.1 Å². The average Bonchev–Trinajstić information content (AvgIpc) is 1.61. The fourth-order valence-corrected chi connectivity index (χ4v) is 17.0. The highest BCUT2D eigenvalue weighted by molar-refractivity contribution is 7.55. The highest BCUT2D eigenvalue weighted by Crippen LogP contribution is 2.46. The molecule has 4 heterocycles. The lowest BCUT2D eigenvalue weighted by molar-refractivity contribution is 0.414. The quantitative estimate of drug-likeness (QED) is 0.0540. The molecule has 0 aliphatic heterocycles. The summed E-state index contributed by atoms with van der Waals surface area (Å²) in [6, 6.07) is 84.3. The van der Waals surface area contributed by atoms with Gasteiger partial charge in [0.25, 0.3) is 0 Å². The maximum atomic E-state index is 5.70. The number of hydrogen-bond acceptors (Lipinski definition) is 16. The van der Waals surface area contributed by atoms with E-state index in [0.717, 1.165) is 131 Å². The molecule has 0 atom stereocenters. The fourth-order valence-electron chi connectivity index (χ4n) is 11.1. The first kappa shape index (κ1) is 59.6. The smallest absolute Gasteiger partial charge is 0.150 e. The number of anilines is 12. The molecule has 12 nitrogen and oxygen atoms in total.